The van der Waals surface area contributed by atoms with E-state index in [4.69, 9.17) is 16.6 Å². The lowest BCUT2D eigenvalue weighted by molar-refractivity contribution is 0.457. The number of imidazole rings is 1. The first-order chi connectivity index (χ1) is 15.3. The zero-order chi connectivity index (χ0) is 22.6. The standard InChI is InChI=1S/C24H24ClN5O2/c1-15-12-28(19-11-18(25)10-9-16(19)2)23-26-21-20(29(23)13-15)22(31)30(24(32)27(21)3)14-17-7-5-4-6-8-17/h4-11,15H,12-14H2,1-3H3/t15-/m1/s1. The van der Waals surface area contributed by atoms with E-state index in [0.29, 0.717) is 28.7 Å². The maximum atomic E-state index is 13.6. The highest BCUT2D eigenvalue weighted by molar-refractivity contribution is 6.30. The second-order valence-corrected chi connectivity index (χ2v) is 9.00. The molecule has 164 valence electrons. The largest absolute Gasteiger partial charge is 0.332 e. The molecule has 0 fully saturated rings. The van der Waals surface area contributed by atoms with Crippen LogP contribution in [0.3, 0.4) is 0 Å². The monoisotopic (exact) mass is 449 g/mol. The zero-order valence-corrected chi connectivity index (χ0v) is 19.0. The summed E-state index contributed by atoms with van der Waals surface area (Å²) in [5.41, 5.74) is 3.08. The molecular formula is C24H24ClN5O2. The summed E-state index contributed by atoms with van der Waals surface area (Å²) in [6.07, 6.45) is 0. The Hall–Kier alpha value is -3.32. The maximum Gasteiger partial charge on any atom is 0.332 e. The Morgan fingerprint density at radius 2 is 1.84 bits per heavy atom. The van der Waals surface area contributed by atoms with Crippen LogP contribution in [0, 0.1) is 12.8 Å². The summed E-state index contributed by atoms with van der Waals surface area (Å²) < 4.78 is 4.71. The Balaban J connectivity index is 1.75. The Morgan fingerprint density at radius 1 is 1.09 bits per heavy atom. The van der Waals surface area contributed by atoms with Gasteiger partial charge in [-0.3, -0.25) is 13.9 Å². The smallest absolute Gasteiger partial charge is 0.311 e. The summed E-state index contributed by atoms with van der Waals surface area (Å²) in [5, 5.41) is 0.643. The van der Waals surface area contributed by atoms with Gasteiger partial charge in [0.1, 0.15) is 0 Å². The van der Waals surface area contributed by atoms with Crippen LogP contribution in [0.5, 0.6) is 0 Å². The van der Waals surface area contributed by atoms with Crippen LogP contribution in [0.1, 0.15) is 18.1 Å². The molecule has 0 amide bonds. The number of nitrogens with zero attached hydrogens (tertiary/aromatic N) is 5. The molecule has 0 unspecified atom stereocenters. The van der Waals surface area contributed by atoms with Gasteiger partial charge in [-0.2, -0.15) is 4.98 Å². The van der Waals surface area contributed by atoms with Gasteiger partial charge in [0.15, 0.2) is 11.2 Å². The molecule has 0 N–H and O–H groups in total. The fraction of sp³-hybridized carbons (Fsp3) is 0.292. The van der Waals surface area contributed by atoms with E-state index in [2.05, 4.69) is 11.8 Å². The van der Waals surface area contributed by atoms with Crippen molar-refractivity contribution in [3.05, 3.63) is 85.5 Å². The second kappa shape index (κ2) is 7.67. The number of fused-ring (bicyclic) bond motifs is 3. The minimum Gasteiger partial charge on any atom is -0.311 e. The lowest BCUT2D eigenvalue weighted by atomic mass is 10.1. The van der Waals surface area contributed by atoms with Crippen LogP contribution in [0.4, 0.5) is 11.6 Å². The molecule has 4 aromatic rings. The van der Waals surface area contributed by atoms with Crippen LogP contribution in [0.25, 0.3) is 11.2 Å². The molecule has 0 aliphatic carbocycles. The molecule has 0 bridgehead atoms. The van der Waals surface area contributed by atoms with Gasteiger partial charge in [-0.25, -0.2) is 4.79 Å². The van der Waals surface area contributed by atoms with Crippen molar-refractivity contribution in [1.82, 2.24) is 18.7 Å². The van der Waals surface area contributed by atoms with Gasteiger partial charge in [0.25, 0.3) is 5.56 Å². The van der Waals surface area contributed by atoms with Crippen LogP contribution in [-0.2, 0) is 20.1 Å². The van der Waals surface area contributed by atoms with Crippen molar-refractivity contribution in [2.75, 3.05) is 11.4 Å². The predicted octanol–water partition coefficient (Wildman–Crippen LogP) is 3.69. The van der Waals surface area contributed by atoms with E-state index in [0.717, 1.165) is 23.4 Å². The molecule has 2 aromatic carbocycles. The van der Waals surface area contributed by atoms with E-state index >= 15 is 0 Å². The molecule has 7 nitrogen and oxygen atoms in total. The van der Waals surface area contributed by atoms with Crippen molar-refractivity contribution in [3.63, 3.8) is 0 Å². The van der Waals surface area contributed by atoms with Crippen molar-refractivity contribution < 1.29 is 0 Å². The molecular weight excluding hydrogens is 426 g/mol. The van der Waals surface area contributed by atoms with Crippen LogP contribution < -0.4 is 16.1 Å². The number of hydrogen-bond donors (Lipinski definition) is 0. The van der Waals surface area contributed by atoms with E-state index in [1.54, 1.807) is 7.05 Å². The van der Waals surface area contributed by atoms with Crippen molar-refractivity contribution in [2.24, 2.45) is 13.0 Å². The molecule has 1 aliphatic heterocycles. The van der Waals surface area contributed by atoms with E-state index in [1.165, 1.54) is 9.13 Å². The number of hydrogen-bond acceptors (Lipinski definition) is 4. The Kier molecular flexibility index (Phi) is 4.93. The first kappa shape index (κ1) is 20.6. The summed E-state index contributed by atoms with van der Waals surface area (Å²) >= 11 is 6.29. The second-order valence-electron chi connectivity index (χ2n) is 8.56. The third kappa shape index (κ3) is 3.24. The summed E-state index contributed by atoms with van der Waals surface area (Å²) in [5.74, 6) is 0.936. The molecule has 1 aliphatic rings. The highest BCUT2D eigenvalue weighted by atomic mass is 35.5. The fourth-order valence-electron chi connectivity index (χ4n) is 4.49. The van der Waals surface area contributed by atoms with E-state index in [-0.39, 0.29) is 23.7 Å². The number of rotatable bonds is 3. The number of anilines is 2. The van der Waals surface area contributed by atoms with Crippen LogP contribution in [-0.4, -0.2) is 25.2 Å². The van der Waals surface area contributed by atoms with Gasteiger partial charge in [-0.15, -0.1) is 0 Å². The van der Waals surface area contributed by atoms with Crippen molar-refractivity contribution in [3.8, 4) is 0 Å². The molecule has 2 aromatic heterocycles. The Labute approximate surface area is 190 Å². The highest BCUT2D eigenvalue weighted by Crippen LogP contribution is 2.35. The zero-order valence-electron chi connectivity index (χ0n) is 18.2. The number of benzene rings is 2. The number of halogens is 1. The fourth-order valence-corrected chi connectivity index (χ4v) is 4.65. The molecule has 8 heteroatoms. The topological polar surface area (TPSA) is 65.1 Å². The normalized spacial score (nSPS) is 15.9. The molecule has 0 radical (unpaired) electrons. The minimum absolute atomic E-state index is 0.218. The van der Waals surface area contributed by atoms with Gasteiger partial charge in [0, 0.05) is 30.8 Å². The molecule has 0 saturated heterocycles. The molecule has 0 spiro atoms. The highest BCUT2D eigenvalue weighted by Gasteiger charge is 2.30. The van der Waals surface area contributed by atoms with E-state index in [1.807, 2.05) is 60.0 Å². The summed E-state index contributed by atoms with van der Waals surface area (Å²) in [4.78, 5) is 33.5. The average molecular weight is 450 g/mol. The molecule has 3 heterocycles. The van der Waals surface area contributed by atoms with Gasteiger partial charge < -0.3 is 9.47 Å². The summed E-state index contributed by atoms with van der Waals surface area (Å²) in [6.45, 7) is 5.79. The van der Waals surface area contributed by atoms with Crippen molar-refractivity contribution >= 4 is 34.4 Å². The third-order valence-corrected chi connectivity index (χ3v) is 6.32. The average Bonchev–Trinajstić information content (AvgIpc) is 3.16. The summed E-state index contributed by atoms with van der Waals surface area (Å²) in [7, 11) is 1.67. The number of aromatic nitrogens is 4. The quantitative estimate of drug-likeness (QED) is 0.478. The first-order valence-corrected chi connectivity index (χ1v) is 11.0. The van der Waals surface area contributed by atoms with Crippen LogP contribution >= 0.6 is 11.6 Å². The minimum atomic E-state index is -0.375. The van der Waals surface area contributed by atoms with Crippen LogP contribution in [0.2, 0.25) is 5.02 Å². The molecule has 0 saturated carbocycles. The molecule has 5 rings (SSSR count). The lowest BCUT2D eigenvalue weighted by Crippen LogP contribution is -2.40. The SMILES string of the molecule is Cc1ccc(Cl)cc1N1C[C@@H](C)Cn2c1nc1c2c(=O)n(Cc2ccccc2)c(=O)n1C. The van der Waals surface area contributed by atoms with E-state index < -0.39 is 0 Å². The third-order valence-electron chi connectivity index (χ3n) is 6.09. The Bertz CT molecular complexity index is 1450. The van der Waals surface area contributed by atoms with Gasteiger partial charge in [-0.1, -0.05) is 54.9 Å². The van der Waals surface area contributed by atoms with E-state index in [9.17, 15) is 9.59 Å². The number of aryl methyl sites for hydroxylation is 2. The molecule has 32 heavy (non-hydrogen) atoms. The van der Waals surface area contributed by atoms with Crippen molar-refractivity contribution in [2.45, 2.75) is 26.9 Å². The predicted molar refractivity (Wildman–Crippen MR) is 127 cm³/mol. The van der Waals surface area contributed by atoms with Gasteiger partial charge in [0.2, 0.25) is 5.95 Å². The maximum absolute atomic E-state index is 13.6. The molecule has 1 atom stereocenters. The van der Waals surface area contributed by atoms with Crippen molar-refractivity contribution in [1.29, 1.82) is 0 Å². The van der Waals surface area contributed by atoms with Gasteiger partial charge >= 0.3 is 5.69 Å². The first-order valence-electron chi connectivity index (χ1n) is 10.6. The Morgan fingerprint density at radius 3 is 2.59 bits per heavy atom. The van der Waals surface area contributed by atoms with Crippen LogP contribution in [0.15, 0.2) is 58.1 Å². The summed E-state index contributed by atoms with van der Waals surface area (Å²) in [6, 6.07) is 15.3. The van der Waals surface area contributed by atoms with Gasteiger partial charge in [-0.05, 0) is 36.1 Å². The lowest BCUT2D eigenvalue weighted by Gasteiger charge is -2.33. The van der Waals surface area contributed by atoms with Gasteiger partial charge in [0.05, 0.1) is 6.54 Å².